The van der Waals surface area contributed by atoms with Gasteiger partial charge in [-0.3, -0.25) is 9.88 Å². The Balaban J connectivity index is 1.53. The minimum absolute atomic E-state index is 0.539. The lowest BCUT2D eigenvalue weighted by Crippen LogP contribution is -2.55. The first kappa shape index (κ1) is 21.6. The van der Waals surface area contributed by atoms with E-state index >= 15 is 0 Å². The van der Waals surface area contributed by atoms with E-state index in [1.54, 1.807) is 13.8 Å². The van der Waals surface area contributed by atoms with Gasteiger partial charge in [-0.05, 0) is 70.1 Å². The molecule has 3 heterocycles. The van der Waals surface area contributed by atoms with E-state index < -0.39 is 5.60 Å². The zero-order valence-electron chi connectivity index (χ0n) is 19.3. The highest BCUT2D eigenvalue weighted by Gasteiger charge is 2.27. The molecule has 5 nitrogen and oxygen atoms in total. The lowest BCUT2D eigenvalue weighted by Gasteiger charge is -2.44. The summed E-state index contributed by atoms with van der Waals surface area (Å²) in [6.45, 7) is 10.2. The summed E-state index contributed by atoms with van der Waals surface area (Å²) < 4.78 is 2.10. The molecule has 1 N–H and O–H groups in total. The van der Waals surface area contributed by atoms with Gasteiger partial charge in [-0.15, -0.1) is 0 Å². The Hall–Kier alpha value is -2.63. The van der Waals surface area contributed by atoms with Crippen molar-refractivity contribution in [3.8, 4) is 5.69 Å². The summed E-state index contributed by atoms with van der Waals surface area (Å²) in [6, 6.07) is 15.9. The van der Waals surface area contributed by atoms with Gasteiger partial charge >= 0.3 is 0 Å². The van der Waals surface area contributed by atoms with Crippen LogP contribution in [0.25, 0.3) is 5.69 Å². The lowest BCUT2D eigenvalue weighted by atomic mass is 10.0. The van der Waals surface area contributed by atoms with Crippen molar-refractivity contribution in [1.29, 1.82) is 0 Å². The lowest BCUT2D eigenvalue weighted by molar-refractivity contribution is 0.0738. The van der Waals surface area contributed by atoms with Gasteiger partial charge in [0.2, 0.25) is 0 Å². The van der Waals surface area contributed by atoms with Crippen LogP contribution in [0.1, 0.15) is 44.5 Å². The van der Waals surface area contributed by atoms with E-state index in [2.05, 4.69) is 83.0 Å². The second-order valence-electron chi connectivity index (χ2n) is 9.46. The van der Waals surface area contributed by atoms with Crippen LogP contribution in [0.4, 0.5) is 5.69 Å². The highest BCUT2D eigenvalue weighted by atomic mass is 16.3. The topological polar surface area (TPSA) is 44.5 Å². The average Bonchev–Trinajstić information content (AvgIpc) is 3.20. The number of piperazine rings is 1. The molecule has 1 aromatic carbocycles. The molecule has 3 aromatic rings. The van der Waals surface area contributed by atoms with Gasteiger partial charge in [0.1, 0.15) is 5.60 Å². The van der Waals surface area contributed by atoms with Gasteiger partial charge in [0.25, 0.3) is 0 Å². The van der Waals surface area contributed by atoms with Gasteiger partial charge < -0.3 is 14.6 Å². The smallest absolute Gasteiger partial charge is 0.101 e. The molecule has 0 spiro atoms. The third-order valence-corrected chi connectivity index (χ3v) is 6.51. The fourth-order valence-electron chi connectivity index (χ4n) is 4.40. The monoisotopic (exact) mass is 418 g/mol. The van der Waals surface area contributed by atoms with Gasteiger partial charge in [0.15, 0.2) is 0 Å². The maximum absolute atomic E-state index is 10.1. The van der Waals surface area contributed by atoms with Crippen LogP contribution in [0.2, 0.25) is 0 Å². The summed E-state index contributed by atoms with van der Waals surface area (Å²) in [7, 11) is 2.23. The van der Waals surface area contributed by atoms with Crippen LogP contribution in [0.5, 0.6) is 0 Å². The molecule has 0 radical (unpaired) electrons. The van der Waals surface area contributed by atoms with E-state index in [4.69, 9.17) is 0 Å². The minimum atomic E-state index is -0.928. The van der Waals surface area contributed by atoms with Crippen molar-refractivity contribution < 1.29 is 5.11 Å². The highest BCUT2D eigenvalue weighted by molar-refractivity contribution is 5.56. The third-order valence-electron chi connectivity index (χ3n) is 6.51. The fourth-order valence-corrected chi connectivity index (χ4v) is 4.40. The number of likely N-dealkylation sites (N-methyl/N-ethyl adjacent to an activating group) is 1. The van der Waals surface area contributed by atoms with Crippen LogP contribution >= 0.6 is 0 Å². The highest BCUT2D eigenvalue weighted by Crippen LogP contribution is 2.27. The number of anilines is 1. The number of nitrogens with zero attached hydrogens (tertiary/aromatic N) is 4. The molecule has 2 atom stereocenters. The second-order valence-corrected chi connectivity index (χ2v) is 9.46. The van der Waals surface area contributed by atoms with Gasteiger partial charge in [0, 0.05) is 49.7 Å². The molecular weight excluding hydrogens is 384 g/mol. The molecular formula is C26H34N4O. The Morgan fingerprint density at radius 2 is 1.74 bits per heavy atom. The molecule has 2 aromatic heterocycles. The molecule has 0 aliphatic carbocycles. The summed E-state index contributed by atoms with van der Waals surface area (Å²) in [6.07, 6.45) is 6.97. The summed E-state index contributed by atoms with van der Waals surface area (Å²) in [5.74, 6) is 0. The number of hydrogen-bond donors (Lipinski definition) is 1. The predicted molar refractivity (Wildman–Crippen MR) is 127 cm³/mol. The number of aliphatic hydroxyl groups is 1. The van der Waals surface area contributed by atoms with Gasteiger partial charge in [-0.25, -0.2) is 0 Å². The van der Waals surface area contributed by atoms with Crippen molar-refractivity contribution in [2.45, 2.75) is 51.8 Å². The number of para-hydroxylation sites is 1. The Morgan fingerprint density at radius 1 is 1.03 bits per heavy atom. The number of rotatable bonds is 5. The molecule has 1 aliphatic rings. The van der Waals surface area contributed by atoms with Crippen LogP contribution in [0.15, 0.2) is 61.1 Å². The maximum Gasteiger partial charge on any atom is 0.101 e. The first-order valence-corrected chi connectivity index (χ1v) is 11.1. The summed E-state index contributed by atoms with van der Waals surface area (Å²) >= 11 is 0. The fraction of sp³-hybridized carbons (Fsp3) is 0.423. The van der Waals surface area contributed by atoms with E-state index in [0.717, 1.165) is 25.2 Å². The van der Waals surface area contributed by atoms with E-state index in [9.17, 15) is 5.11 Å². The zero-order valence-corrected chi connectivity index (χ0v) is 19.3. The predicted octanol–water partition coefficient (Wildman–Crippen LogP) is 4.22. The van der Waals surface area contributed by atoms with Crippen molar-refractivity contribution in [3.63, 3.8) is 0 Å². The van der Waals surface area contributed by atoms with Crippen LogP contribution in [-0.4, -0.2) is 51.8 Å². The molecule has 0 bridgehead atoms. The van der Waals surface area contributed by atoms with Crippen LogP contribution in [0.3, 0.4) is 0 Å². The van der Waals surface area contributed by atoms with Gasteiger partial charge in [-0.2, -0.15) is 0 Å². The number of aromatic nitrogens is 2. The van der Waals surface area contributed by atoms with Gasteiger partial charge in [-0.1, -0.05) is 18.2 Å². The van der Waals surface area contributed by atoms with Crippen molar-refractivity contribution in [2.24, 2.45) is 0 Å². The zero-order chi connectivity index (χ0) is 22.2. The summed E-state index contributed by atoms with van der Waals surface area (Å²) in [5.41, 5.74) is 4.72. The van der Waals surface area contributed by atoms with Crippen molar-refractivity contribution >= 4 is 5.69 Å². The molecule has 1 aliphatic heterocycles. The van der Waals surface area contributed by atoms with Crippen molar-refractivity contribution in [1.82, 2.24) is 14.5 Å². The molecule has 1 saturated heterocycles. The molecule has 4 rings (SSSR count). The third kappa shape index (κ3) is 4.68. The summed E-state index contributed by atoms with van der Waals surface area (Å²) in [5, 5.41) is 10.1. The molecule has 31 heavy (non-hydrogen) atoms. The Labute approximate surface area is 186 Å². The quantitative estimate of drug-likeness (QED) is 0.674. The number of benzene rings is 1. The molecule has 0 saturated carbocycles. The number of hydrogen-bond acceptors (Lipinski definition) is 4. The molecule has 1 fully saturated rings. The van der Waals surface area contributed by atoms with E-state index in [1.165, 1.54) is 16.8 Å². The van der Waals surface area contributed by atoms with Crippen molar-refractivity contribution in [2.75, 3.05) is 25.0 Å². The van der Waals surface area contributed by atoms with Crippen LogP contribution in [0, 0.1) is 0 Å². The Bertz CT molecular complexity index is 1010. The normalized spacial score (nSPS) is 20.3. The first-order chi connectivity index (χ1) is 14.7. The van der Waals surface area contributed by atoms with E-state index in [-0.39, 0.29) is 0 Å². The Kier molecular flexibility index (Phi) is 5.91. The minimum Gasteiger partial charge on any atom is -0.384 e. The standard InChI is InChI=1S/C26H34N4O/c1-19-16-30(17-20(2)28(19)5)24-9-7-6-8-22(24)14-21-12-13-29(18-21)23-10-11-25(27-15-23)26(3,4)31/h6-13,15,18-20,31H,14,16-17H2,1-5H3. The Morgan fingerprint density at radius 3 is 2.39 bits per heavy atom. The molecule has 5 heteroatoms. The SMILES string of the molecule is CC1CN(c2ccccc2Cc2ccn(-c3ccc(C(C)(C)O)nc3)c2)CC(C)N1C. The summed E-state index contributed by atoms with van der Waals surface area (Å²) in [4.78, 5) is 9.44. The second kappa shape index (κ2) is 8.48. The van der Waals surface area contributed by atoms with Crippen LogP contribution in [-0.2, 0) is 12.0 Å². The van der Waals surface area contributed by atoms with E-state index in [0.29, 0.717) is 17.8 Å². The molecule has 0 amide bonds. The van der Waals surface area contributed by atoms with E-state index in [1.807, 2.05) is 18.3 Å². The average molecular weight is 419 g/mol. The number of pyridine rings is 1. The maximum atomic E-state index is 10.1. The van der Waals surface area contributed by atoms with Gasteiger partial charge in [0.05, 0.1) is 17.6 Å². The largest absolute Gasteiger partial charge is 0.384 e. The van der Waals surface area contributed by atoms with Crippen LogP contribution < -0.4 is 4.90 Å². The molecule has 2 unspecified atom stereocenters. The van der Waals surface area contributed by atoms with Crippen molar-refractivity contribution in [3.05, 3.63) is 77.9 Å². The first-order valence-electron chi connectivity index (χ1n) is 11.1. The molecule has 164 valence electrons.